The summed E-state index contributed by atoms with van der Waals surface area (Å²) in [4.78, 5) is 5.02. The largest absolute Gasteiger partial charge is 0.384 e. The van der Waals surface area contributed by atoms with Crippen LogP contribution in [0.3, 0.4) is 0 Å². The minimum absolute atomic E-state index is 0.0846. The maximum absolute atomic E-state index is 7.76. The molecule has 1 aliphatic rings. The minimum atomic E-state index is 0.0846. The van der Waals surface area contributed by atoms with E-state index in [1.54, 1.807) is 0 Å². The van der Waals surface area contributed by atoms with Crippen molar-refractivity contribution >= 4 is 27.6 Å². The first-order valence-electron chi connectivity index (χ1n) is 10.1. The van der Waals surface area contributed by atoms with Crippen molar-refractivity contribution in [2.75, 3.05) is 0 Å². The van der Waals surface area contributed by atoms with Crippen LogP contribution in [0.1, 0.15) is 43.7 Å². The third kappa shape index (κ3) is 2.85. The normalized spacial score (nSPS) is 15.3. The Labute approximate surface area is 164 Å². The van der Waals surface area contributed by atoms with E-state index in [4.69, 9.17) is 16.1 Å². The molecule has 0 amide bonds. The lowest BCUT2D eigenvalue weighted by molar-refractivity contribution is 0.362. The smallest absolute Gasteiger partial charge is 0.141 e. The molecule has 3 N–H and O–H groups in total. The number of nitrogens with one attached hydrogen (secondary N) is 1. The summed E-state index contributed by atoms with van der Waals surface area (Å²) in [5, 5.41) is 10.2. The second-order valence-electron chi connectivity index (χ2n) is 7.78. The first-order chi connectivity index (χ1) is 13.7. The number of amidine groups is 1. The molecule has 4 aromatic rings. The minimum Gasteiger partial charge on any atom is -0.384 e. The molecule has 28 heavy (non-hydrogen) atoms. The van der Waals surface area contributed by atoms with Crippen molar-refractivity contribution in [1.82, 2.24) is 9.55 Å². The first-order valence-corrected chi connectivity index (χ1v) is 10.1. The molecule has 0 atom stereocenters. The zero-order valence-electron chi connectivity index (χ0n) is 15.9. The summed E-state index contributed by atoms with van der Waals surface area (Å²) < 4.78 is 2.43. The lowest BCUT2D eigenvalue weighted by Gasteiger charge is -2.25. The topological polar surface area (TPSA) is 67.7 Å². The van der Waals surface area contributed by atoms with Crippen LogP contribution in [-0.4, -0.2) is 15.4 Å². The van der Waals surface area contributed by atoms with Gasteiger partial charge in [-0.25, -0.2) is 4.98 Å². The lowest BCUT2D eigenvalue weighted by atomic mass is 9.94. The van der Waals surface area contributed by atoms with E-state index < -0.39 is 0 Å². The molecule has 1 saturated carbocycles. The molecule has 0 spiro atoms. The molecule has 0 radical (unpaired) electrons. The van der Waals surface area contributed by atoms with Gasteiger partial charge in [-0.3, -0.25) is 5.41 Å². The summed E-state index contributed by atoms with van der Waals surface area (Å²) in [6, 6.07) is 21.5. The summed E-state index contributed by atoms with van der Waals surface area (Å²) in [6.07, 6.45) is 6.25. The fourth-order valence-electron chi connectivity index (χ4n) is 4.51. The number of aromatic nitrogens is 2. The standard InChI is InChI=1S/C24H24N4/c25-23(26)18-12-13-22-21(15-18)27-24(28(22)20-8-2-1-3-9-20)19-11-10-16-6-4-5-7-17(16)14-19/h4-7,10-15,20H,1-3,8-9H2,(H3,25,26). The Bertz CT molecular complexity index is 1180. The second kappa shape index (κ2) is 6.79. The molecule has 4 heteroatoms. The van der Waals surface area contributed by atoms with Crippen molar-refractivity contribution in [3.8, 4) is 11.4 Å². The fraction of sp³-hybridized carbons (Fsp3) is 0.250. The predicted octanol–water partition coefficient (Wildman–Crippen LogP) is 5.65. The van der Waals surface area contributed by atoms with Gasteiger partial charge in [0.1, 0.15) is 11.7 Å². The second-order valence-corrected chi connectivity index (χ2v) is 7.78. The highest BCUT2D eigenvalue weighted by Gasteiger charge is 2.22. The molecule has 3 aromatic carbocycles. The molecule has 0 aliphatic heterocycles. The number of nitrogens with two attached hydrogens (primary N) is 1. The first kappa shape index (κ1) is 17.0. The number of hydrogen-bond donors (Lipinski definition) is 2. The van der Waals surface area contributed by atoms with Crippen molar-refractivity contribution in [2.45, 2.75) is 38.1 Å². The van der Waals surface area contributed by atoms with Crippen LogP contribution < -0.4 is 5.73 Å². The molecular weight excluding hydrogens is 344 g/mol. The van der Waals surface area contributed by atoms with E-state index in [1.807, 2.05) is 12.1 Å². The summed E-state index contributed by atoms with van der Waals surface area (Å²) in [5.74, 6) is 1.11. The highest BCUT2D eigenvalue weighted by atomic mass is 15.1. The molecule has 4 nitrogen and oxygen atoms in total. The molecule has 0 unspecified atom stereocenters. The van der Waals surface area contributed by atoms with Crippen molar-refractivity contribution in [3.05, 3.63) is 66.2 Å². The van der Waals surface area contributed by atoms with Crippen LogP contribution >= 0.6 is 0 Å². The van der Waals surface area contributed by atoms with Gasteiger partial charge in [0.2, 0.25) is 0 Å². The van der Waals surface area contributed by atoms with Gasteiger partial charge in [0.15, 0.2) is 0 Å². The Balaban J connectivity index is 1.73. The van der Waals surface area contributed by atoms with Crippen LogP contribution in [0.4, 0.5) is 0 Å². The SMILES string of the molecule is N=C(N)c1ccc2c(c1)nc(-c1ccc3ccccc3c1)n2C1CCCCC1. The van der Waals surface area contributed by atoms with Crippen molar-refractivity contribution in [2.24, 2.45) is 5.73 Å². The van der Waals surface area contributed by atoms with Crippen LogP contribution in [-0.2, 0) is 0 Å². The third-order valence-corrected chi connectivity index (χ3v) is 5.95. The maximum Gasteiger partial charge on any atom is 0.141 e. The Morgan fingerprint density at radius 3 is 2.50 bits per heavy atom. The molecule has 1 heterocycles. The monoisotopic (exact) mass is 368 g/mol. The van der Waals surface area contributed by atoms with E-state index >= 15 is 0 Å². The van der Waals surface area contributed by atoms with E-state index in [9.17, 15) is 0 Å². The number of fused-ring (bicyclic) bond motifs is 2. The summed E-state index contributed by atoms with van der Waals surface area (Å²) in [5.41, 5.74) is 9.64. The number of nitrogen functional groups attached to an aromatic ring is 1. The van der Waals surface area contributed by atoms with Crippen LogP contribution in [0.25, 0.3) is 33.2 Å². The average Bonchev–Trinajstić information content (AvgIpc) is 3.12. The fourth-order valence-corrected chi connectivity index (χ4v) is 4.51. The summed E-state index contributed by atoms with van der Waals surface area (Å²) in [7, 11) is 0. The molecule has 5 rings (SSSR count). The Morgan fingerprint density at radius 2 is 1.71 bits per heavy atom. The van der Waals surface area contributed by atoms with E-state index in [-0.39, 0.29) is 5.84 Å². The quantitative estimate of drug-likeness (QED) is 0.363. The summed E-state index contributed by atoms with van der Waals surface area (Å²) in [6.45, 7) is 0. The van der Waals surface area contributed by atoms with E-state index in [0.717, 1.165) is 28.0 Å². The number of imidazole rings is 1. The predicted molar refractivity (Wildman–Crippen MR) is 116 cm³/mol. The van der Waals surface area contributed by atoms with Gasteiger partial charge in [-0.1, -0.05) is 55.7 Å². The van der Waals surface area contributed by atoms with Gasteiger partial charge in [-0.05, 0) is 47.9 Å². The highest BCUT2D eigenvalue weighted by Crippen LogP contribution is 2.36. The van der Waals surface area contributed by atoms with Crippen LogP contribution in [0.5, 0.6) is 0 Å². The van der Waals surface area contributed by atoms with Crippen molar-refractivity contribution in [3.63, 3.8) is 0 Å². The van der Waals surface area contributed by atoms with E-state index in [0.29, 0.717) is 6.04 Å². The highest BCUT2D eigenvalue weighted by molar-refractivity contribution is 5.98. The number of hydrogen-bond acceptors (Lipinski definition) is 2. The molecule has 140 valence electrons. The molecule has 0 bridgehead atoms. The third-order valence-electron chi connectivity index (χ3n) is 5.95. The van der Waals surface area contributed by atoms with E-state index in [2.05, 4.69) is 53.1 Å². The Kier molecular flexibility index (Phi) is 4.12. The number of rotatable bonds is 3. The molecule has 1 aliphatic carbocycles. The summed E-state index contributed by atoms with van der Waals surface area (Å²) >= 11 is 0. The Hall–Kier alpha value is -3.14. The van der Waals surface area contributed by atoms with Gasteiger partial charge in [0.25, 0.3) is 0 Å². The van der Waals surface area contributed by atoms with Gasteiger partial charge in [0.05, 0.1) is 11.0 Å². The van der Waals surface area contributed by atoms with Crippen LogP contribution in [0.15, 0.2) is 60.7 Å². The lowest BCUT2D eigenvalue weighted by Crippen LogP contribution is -2.14. The number of nitrogens with zero attached hydrogens (tertiary/aromatic N) is 2. The van der Waals surface area contributed by atoms with Crippen molar-refractivity contribution in [1.29, 1.82) is 5.41 Å². The zero-order valence-corrected chi connectivity index (χ0v) is 15.9. The zero-order chi connectivity index (χ0) is 19.1. The van der Waals surface area contributed by atoms with E-state index in [1.165, 1.54) is 42.9 Å². The van der Waals surface area contributed by atoms with Crippen molar-refractivity contribution < 1.29 is 0 Å². The maximum atomic E-state index is 7.76. The van der Waals surface area contributed by atoms with Gasteiger partial charge in [0, 0.05) is 17.2 Å². The molecule has 1 aromatic heterocycles. The van der Waals surface area contributed by atoms with Gasteiger partial charge in [-0.15, -0.1) is 0 Å². The molecular formula is C24H24N4. The average molecular weight is 368 g/mol. The van der Waals surface area contributed by atoms with Crippen LogP contribution in [0.2, 0.25) is 0 Å². The van der Waals surface area contributed by atoms with Crippen LogP contribution in [0, 0.1) is 5.41 Å². The van der Waals surface area contributed by atoms with Gasteiger partial charge >= 0.3 is 0 Å². The number of benzene rings is 3. The van der Waals surface area contributed by atoms with Gasteiger partial charge in [-0.2, -0.15) is 0 Å². The van der Waals surface area contributed by atoms with Gasteiger partial charge < -0.3 is 10.3 Å². The molecule has 0 saturated heterocycles. The Morgan fingerprint density at radius 1 is 0.929 bits per heavy atom. The molecule has 1 fully saturated rings.